The van der Waals surface area contributed by atoms with Gasteiger partial charge in [0.05, 0.1) is 4.47 Å². The Kier molecular flexibility index (Phi) is 4.26. The molecular formula is C15H16BrFN4O. The maximum atomic E-state index is 13.7. The number of halogens is 2. The molecule has 0 spiro atoms. The number of piperazine rings is 1. The van der Waals surface area contributed by atoms with Gasteiger partial charge >= 0.3 is 0 Å². The van der Waals surface area contributed by atoms with Crippen molar-refractivity contribution >= 4 is 21.8 Å². The molecule has 1 amide bonds. The molecule has 1 atom stereocenters. The third-order valence-corrected chi connectivity index (χ3v) is 4.47. The molecule has 2 aromatic rings. The van der Waals surface area contributed by atoms with E-state index in [2.05, 4.69) is 26.2 Å². The Hall–Kier alpha value is -1.73. The molecule has 22 heavy (non-hydrogen) atoms. The van der Waals surface area contributed by atoms with Crippen molar-refractivity contribution in [3.8, 4) is 0 Å². The summed E-state index contributed by atoms with van der Waals surface area (Å²) >= 11 is 3.10. The van der Waals surface area contributed by atoms with Gasteiger partial charge in [-0.05, 0) is 34.1 Å². The van der Waals surface area contributed by atoms with Gasteiger partial charge in [-0.3, -0.25) is 4.79 Å². The summed E-state index contributed by atoms with van der Waals surface area (Å²) in [5.74, 6) is 0.202. The molecule has 1 N–H and O–H groups in total. The van der Waals surface area contributed by atoms with Gasteiger partial charge in [0.1, 0.15) is 17.7 Å². The van der Waals surface area contributed by atoms with E-state index in [4.69, 9.17) is 0 Å². The van der Waals surface area contributed by atoms with Crippen LogP contribution in [0.15, 0.2) is 35.1 Å². The van der Waals surface area contributed by atoms with Crippen molar-refractivity contribution in [1.29, 1.82) is 0 Å². The van der Waals surface area contributed by atoms with Crippen LogP contribution in [0.2, 0.25) is 0 Å². The third-order valence-electron chi connectivity index (χ3n) is 3.83. The van der Waals surface area contributed by atoms with E-state index in [9.17, 15) is 9.18 Å². The van der Waals surface area contributed by atoms with E-state index < -0.39 is 5.82 Å². The Morgan fingerprint density at radius 3 is 3.00 bits per heavy atom. The van der Waals surface area contributed by atoms with Gasteiger partial charge in [0.25, 0.3) is 5.91 Å². The number of hydrogen-bond acceptors (Lipinski definition) is 3. The van der Waals surface area contributed by atoms with E-state index in [1.807, 2.05) is 17.8 Å². The number of imidazole rings is 1. The normalized spacial score (nSPS) is 18.5. The van der Waals surface area contributed by atoms with Crippen LogP contribution in [0.1, 0.15) is 22.2 Å². The summed E-state index contributed by atoms with van der Waals surface area (Å²) in [6.07, 6.45) is 3.57. The SMILES string of the molecule is Cn1ccnc1C1CNCCN1C(=O)c1ccc(Br)c(F)c1. The minimum atomic E-state index is -0.436. The van der Waals surface area contributed by atoms with Gasteiger partial charge in [-0.15, -0.1) is 0 Å². The van der Waals surface area contributed by atoms with E-state index in [0.717, 1.165) is 5.82 Å². The first kappa shape index (κ1) is 15.2. The minimum absolute atomic E-state index is 0.159. The van der Waals surface area contributed by atoms with Crippen molar-refractivity contribution in [2.75, 3.05) is 19.6 Å². The Balaban J connectivity index is 1.91. The second-order valence-electron chi connectivity index (χ2n) is 5.24. The van der Waals surface area contributed by atoms with Crippen LogP contribution in [0.25, 0.3) is 0 Å². The summed E-state index contributed by atoms with van der Waals surface area (Å²) in [7, 11) is 1.90. The molecule has 0 aliphatic carbocycles. The summed E-state index contributed by atoms with van der Waals surface area (Å²) in [6.45, 7) is 1.91. The van der Waals surface area contributed by atoms with Crippen LogP contribution in [0, 0.1) is 5.82 Å². The number of aromatic nitrogens is 2. The summed E-state index contributed by atoms with van der Waals surface area (Å²) in [4.78, 5) is 18.9. The van der Waals surface area contributed by atoms with Crippen molar-refractivity contribution < 1.29 is 9.18 Å². The molecule has 5 nitrogen and oxygen atoms in total. The number of nitrogens with zero attached hydrogens (tertiary/aromatic N) is 3. The van der Waals surface area contributed by atoms with Crippen molar-refractivity contribution in [2.24, 2.45) is 7.05 Å². The first-order valence-electron chi connectivity index (χ1n) is 7.02. The summed E-state index contributed by atoms with van der Waals surface area (Å²) in [5.41, 5.74) is 0.349. The predicted octanol–water partition coefficient (Wildman–Crippen LogP) is 2.11. The second kappa shape index (κ2) is 6.18. The zero-order valence-electron chi connectivity index (χ0n) is 12.1. The topological polar surface area (TPSA) is 50.2 Å². The number of amides is 1. The molecule has 1 aromatic heterocycles. The fourth-order valence-electron chi connectivity index (χ4n) is 2.67. The lowest BCUT2D eigenvalue weighted by molar-refractivity contribution is 0.0620. The van der Waals surface area contributed by atoms with E-state index >= 15 is 0 Å². The molecule has 0 saturated carbocycles. The molecule has 2 heterocycles. The van der Waals surface area contributed by atoms with Crippen LogP contribution in [-0.4, -0.2) is 40.0 Å². The van der Waals surface area contributed by atoms with Crippen molar-refractivity contribution in [3.63, 3.8) is 0 Å². The molecule has 116 valence electrons. The van der Waals surface area contributed by atoms with Crippen LogP contribution in [-0.2, 0) is 7.05 Å². The van der Waals surface area contributed by atoms with Gasteiger partial charge in [-0.25, -0.2) is 9.37 Å². The van der Waals surface area contributed by atoms with Crippen molar-refractivity contribution in [1.82, 2.24) is 19.8 Å². The number of rotatable bonds is 2. The van der Waals surface area contributed by atoms with Gasteiger partial charge in [0.15, 0.2) is 0 Å². The van der Waals surface area contributed by atoms with Gasteiger partial charge in [0.2, 0.25) is 0 Å². The molecule has 0 bridgehead atoms. The molecule has 0 radical (unpaired) electrons. The molecule has 7 heteroatoms. The zero-order valence-corrected chi connectivity index (χ0v) is 13.7. The Morgan fingerprint density at radius 2 is 2.32 bits per heavy atom. The highest BCUT2D eigenvalue weighted by Crippen LogP contribution is 2.24. The highest BCUT2D eigenvalue weighted by atomic mass is 79.9. The van der Waals surface area contributed by atoms with Crippen molar-refractivity contribution in [2.45, 2.75) is 6.04 Å². The van der Waals surface area contributed by atoms with E-state index in [1.54, 1.807) is 23.2 Å². The minimum Gasteiger partial charge on any atom is -0.336 e. The molecule has 1 unspecified atom stereocenters. The van der Waals surface area contributed by atoms with Crippen LogP contribution < -0.4 is 5.32 Å². The number of aryl methyl sites for hydroxylation is 1. The number of benzene rings is 1. The van der Waals surface area contributed by atoms with Gasteiger partial charge in [-0.2, -0.15) is 0 Å². The maximum absolute atomic E-state index is 13.7. The lowest BCUT2D eigenvalue weighted by atomic mass is 10.1. The Morgan fingerprint density at radius 1 is 1.50 bits per heavy atom. The summed E-state index contributed by atoms with van der Waals surface area (Å²) < 4.78 is 15.9. The molecule has 1 aliphatic rings. The fourth-order valence-corrected chi connectivity index (χ4v) is 2.92. The predicted molar refractivity (Wildman–Crippen MR) is 84.0 cm³/mol. The van der Waals surface area contributed by atoms with Crippen LogP contribution in [0.3, 0.4) is 0 Å². The molecule has 1 saturated heterocycles. The smallest absolute Gasteiger partial charge is 0.254 e. The number of carbonyl (C=O) groups is 1. The van der Waals surface area contributed by atoms with Crippen LogP contribution in [0.5, 0.6) is 0 Å². The zero-order chi connectivity index (χ0) is 15.7. The summed E-state index contributed by atoms with van der Waals surface area (Å²) in [6, 6.07) is 4.30. The molecule has 1 fully saturated rings. The molecule has 1 aliphatic heterocycles. The summed E-state index contributed by atoms with van der Waals surface area (Å²) in [5, 5.41) is 3.28. The fraction of sp³-hybridized carbons (Fsp3) is 0.333. The average molecular weight is 367 g/mol. The average Bonchev–Trinajstić information content (AvgIpc) is 2.95. The number of nitrogens with one attached hydrogen (secondary N) is 1. The first-order valence-corrected chi connectivity index (χ1v) is 7.81. The highest BCUT2D eigenvalue weighted by Gasteiger charge is 2.31. The lowest BCUT2D eigenvalue weighted by Gasteiger charge is -2.35. The lowest BCUT2D eigenvalue weighted by Crippen LogP contribution is -2.49. The first-order chi connectivity index (χ1) is 10.6. The maximum Gasteiger partial charge on any atom is 0.254 e. The largest absolute Gasteiger partial charge is 0.336 e. The van der Waals surface area contributed by atoms with Crippen molar-refractivity contribution in [3.05, 3.63) is 52.3 Å². The standard InChI is InChI=1S/C15H16BrFN4O/c1-20-6-5-19-14(20)13-9-18-4-7-21(13)15(22)10-2-3-11(16)12(17)8-10/h2-3,5-6,8,13,18H,4,7,9H2,1H3. The molecule has 1 aromatic carbocycles. The van der Waals surface area contributed by atoms with E-state index in [0.29, 0.717) is 29.7 Å². The van der Waals surface area contributed by atoms with E-state index in [-0.39, 0.29) is 11.9 Å². The van der Waals surface area contributed by atoms with Crippen LogP contribution >= 0.6 is 15.9 Å². The second-order valence-corrected chi connectivity index (χ2v) is 6.10. The van der Waals surface area contributed by atoms with Gasteiger partial charge < -0.3 is 14.8 Å². The van der Waals surface area contributed by atoms with Crippen LogP contribution in [0.4, 0.5) is 4.39 Å². The van der Waals surface area contributed by atoms with Gasteiger partial charge in [0, 0.05) is 44.6 Å². The highest BCUT2D eigenvalue weighted by molar-refractivity contribution is 9.10. The molecular weight excluding hydrogens is 351 g/mol. The molecule has 3 rings (SSSR count). The Bertz CT molecular complexity index is 703. The monoisotopic (exact) mass is 366 g/mol. The van der Waals surface area contributed by atoms with E-state index in [1.165, 1.54) is 6.07 Å². The van der Waals surface area contributed by atoms with Gasteiger partial charge in [-0.1, -0.05) is 0 Å². The Labute approximate surface area is 136 Å². The third kappa shape index (κ3) is 2.78. The quantitative estimate of drug-likeness (QED) is 0.885. The number of hydrogen-bond donors (Lipinski definition) is 1. The number of carbonyl (C=O) groups excluding carboxylic acids is 1.